The molecular weight excluding hydrogens is 344 g/mol. The molecule has 0 bridgehead atoms. The third kappa shape index (κ3) is 2.86. The van der Waals surface area contributed by atoms with Crippen LogP contribution in [0.1, 0.15) is 10.1 Å². The number of halogens is 1. The Labute approximate surface area is 130 Å². The number of carbonyl (C=O) groups excluding carboxylic acids is 1. The molecule has 2 aromatic rings. The van der Waals surface area contributed by atoms with E-state index in [1.165, 1.54) is 0 Å². The second kappa shape index (κ2) is 6.09. The van der Waals surface area contributed by atoms with E-state index in [-0.39, 0.29) is 28.1 Å². The van der Waals surface area contributed by atoms with E-state index >= 15 is 0 Å². The minimum absolute atomic E-state index is 0. The molecule has 100 valence electrons. The number of para-hydroxylation sites is 1. The number of thiophene rings is 1. The van der Waals surface area contributed by atoms with Crippen LogP contribution < -0.4 is 11.1 Å². The fourth-order valence-corrected chi connectivity index (χ4v) is 4.13. The van der Waals surface area contributed by atoms with Crippen LogP contribution in [-0.2, 0) is 4.79 Å². The number of carbonyl (C=O) groups is 1. The molecule has 0 saturated carbocycles. The average molecular weight is 357 g/mol. The molecule has 6 heteroatoms. The van der Waals surface area contributed by atoms with Crippen LogP contribution in [0.4, 0.5) is 5.69 Å². The van der Waals surface area contributed by atoms with Crippen molar-refractivity contribution >= 4 is 51.7 Å². The van der Waals surface area contributed by atoms with E-state index in [4.69, 9.17) is 5.73 Å². The molecule has 19 heavy (non-hydrogen) atoms. The van der Waals surface area contributed by atoms with Crippen LogP contribution in [0.25, 0.3) is 0 Å². The summed E-state index contributed by atoms with van der Waals surface area (Å²) in [5, 5.41) is 4.88. The van der Waals surface area contributed by atoms with E-state index in [0.29, 0.717) is 0 Å². The summed E-state index contributed by atoms with van der Waals surface area (Å²) in [6.45, 7) is 0. The van der Waals surface area contributed by atoms with Crippen LogP contribution in [-0.4, -0.2) is 11.9 Å². The van der Waals surface area contributed by atoms with Crippen molar-refractivity contribution in [2.75, 3.05) is 5.32 Å². The molecular formula is C13H13BrN2OS2. The minimum atomic E-state index is -0.527. The first-order chi connectivity index (χ1) is 8.75. The number of benzene rings is 1. The summed E-state index contributed by atoms with van der Waals surface area (Å²) in [5.41, 5.74) is 6.92. The zero-order valence-corrected chi connectivity index (χ0v) is 13.3. The van der Waals surface area contributed by atoms with Gasteiger partial charge in [0.05, 0.1) is 10.9 Å². The number of hydrogen-bond donors (Lipinski definition) is 2. The lowest BCUT2D eigenvalue weighted by atomic mass is 10.1. The highest BCUT2D eigenvalue weighted by molar-refractivity contribution is 8.93. The molecule has 0 saturated heterocycles. The molecule has 1 amide bonds. The normalized spacial score (nSPS) is 21.8. The van der Waals surface area contributed by atoms with E-state index in [1.807, 2.05) is 41.8 Å². The Morgan fingerprint density at radius 3 is 2.68 bits per heavy atom. The zero-order chi connectivity index (χ0) is 12.5. The largest absolute Gasteiger partial charge is 0.324 e. The van der Waals surface area contributed by atoms with Crippen LogP contribution in [0.15, 0.2) is 46.7 Å². The van der Waals surface area contributed by atoms with Crippen LogP contribution in [0.5, 0.6) is 0 Å². The summed E-state index contributed by atoms with van der Waals surface area (Å²) in [5.74, 6) is -0.120. The number of rotatable bonds is 1. The number of hydrogen-bond acceptors (Lipinski definition) is 4. The molecule has 0 aliphatic carbocycles. The summed E-state index contributed by atoms with van der Waals surface area (Å²) in [4.78, 5) is 14.2. The SMILES string of the molecule is Br.N[C@@H]1C(=O)Nc2ccccc2S[C@H]1c1cccs1. The van der Waals surface area contributed by atoms with Crippen LogP contribution in [0.3, 0.4) is 0 Å². The molecule has 0 spiro atoms. The monoisotopic (exact) mass is 356 g/mol. The van der Waals surface area contributed by atoms with Gasteiger partial charge < -0.3 is 11.1 Å². The van der Waals surface area contributed by atoms with Crippen molar-refractivity contribution in [3.63, 3.8) is 0 Å². The van der Waals surface area contributed by atoms with Crippen molar-refractivity contribution in [1.82, 2.24) is 0 Å². The summed E-state index contributed by atoms with van der Waals surface area (Å²) in [6, 6.07) is 11.3. The van der Waals surface area contributed by atoms with Crippen molar-refractivity contribution in [3.8, 4) is 0 Å². The van der Waals surface area contributed by atoms with Crippen molar-refractivity contribution in [3.05, 3.63) is 46.7 Å². The van der Waals surface area contributed by atoms with E-state index in [9.17, 15) is 4.79 Å². The van der Waals surface area contributed by atoms with E-state index < -0.39 is 6.04 Å². The number of nitrogens with one attached hydrogen (secondary N) is 1. The van der Waals surface area contributed by atoms with Crippen LogP contribution in [0, 0.1) is 0 Å². The second-order valence-corrected chi connectivity index (χ2v) is 6.23. The van der Waals surface area contributed by atoms with Gasteiger partial charge in [-0.25, -0.2) is 0 Å². The van der Waals surface area contributed by atoms with Gasteiger partial charge in [0.15, 0.2) is 0 Å². The first-order valence-electron chi connectivity index (χ1n) is 5.61. The molecule has 1 aliphatic heterocycles. The first kappa shape index (κ1) is 14.6. The molecule has 1 aromatic heterocycles. The van der Waals surface area contributed by atoms with Crippen molar-refractivity contribution in [2.45, 2.75) is 16.2 Å². The van der Waals surface area contributed by atoms with Gasteiger partial charge in [-0.2, -0.15) is 0 Å². The Kier molecular flexibility index (Phi) is 4.67. The zero-order valence-electron chi connectivity index (χ0n) is 9.91. The molecule has 1 aliphatic rings. The lowest BCUT2D eigenvalue weighted by Gasteiger charge is -2.17. The Bertz CT molecular complexity index is 574. The lowest BCUT2D eigenvalue weighted by molar-refractivity contribution is -0.117. The van der Waals surface area contributed by atoms with Crippen molar-refractivity contribution < 1.29 is 4.79 Å². The molecule has 0 radical (unpaired) electrons. The van der Waals surface area contributed by atoms with Gasteiger partial charge in [-0.05, 0) is 23.6 Å². The fraction of sp³-hybridized carbons (Fsp3) is 0.154. The topological polar surface area (TPSA) is 55.1 Å². The van der Waals surface area contributed by atoms with Gasteiger partial charge in [0.1, 0.15) is 6.04 Å². The number of fused-ring (bicyclic) bond motifs is 1. The summed E-state index contributed by atoms with van der Waals surface area (Å²) < 4.78 is 0. The molecule has 3 rings (SSSR count). The quantitative estimate of drug-likeness (QED) is 0.822. The standard InChI is InChI=1S/C13H12N2OS2.BrH/c14-11-12(10-6-3-7-17-10)18-9-5-2-1-4-8(9)15-13(11)16;/h1-7,11-12H,14H2,(H,15,16);1H/t11-,12-;/m0./s1. The van der Waals surface area contributed by atoms with E-state index in [1.54, 1.807) is 23.1 Å². The number of anilines is 1. The van der Waals surface area contributed by atoms with Gasteiger partial charge in [-0.1, -0.05) is 18.2 Å². The summed E-state index contributed by atoms with van der Waals surface area (Å²) in [6.07, 6.45) is 0. The third-order valence-electron chi connectivity index (χ3n) is 2.85. The maximum Gasteiger partial charge on any atom is 0.242 e. The Hall–Kier alpha value is -0.820. The number of thioether (sulfide) groups is 1. The van der Waals surface area contributed by atoms with Gasteiger partial charge in [0, 0.05) is 9.77 Å². The second-order valence-electron chi connectivity index (χ2n) is 4.07. The highest BCUT2D eigenvalue weighted by atomic mass is 79.9. The van der Waals surface area contributed by atoms with Gasteiger partial charge in [-0.15, -0.1) is 40.1 Å². The van der Waals surface area contributed by atoms with Gasteiger partial charge in [-0.3, -0.25) is 4.79 Å². The molecule has 2 atom stereocenters. The van der Waals surface area contributed by atoms with Crippen molar-refractivity contribution in [2.24, 2.45) is 5.73 Å². The highest BCUT2D eigenvalue weighted by Gasteiger charge is 2.31. The number of amides is 1. The smallest absolute Gasteiger partial charge is 0.242 e. The Morgan fingerprint density at radius 2 is 1.95 bits per heavy atom. The fourth-order valence-electron chi connectivity index (χ4n) is 1.92. The van der Waals surface area contributed by atoms with E-state index in [2.05, 4.69) is 5.32 Å². The minimum Gasteiger partial charge on any atom is -0.324 e. The molecule has 0 fully saturated rings. The molecule has 1 aromatic carbocycles. The third-order valence-corrected chi connectivity index (χ3v) is 5.37. The number of nitrogens with two attached hydrogens (primary N) is 1. The summed E-state index contributed by atoms with van der Waals surface area (Å²) >= 11 is 3.29. The Morgan fingerprint density at radius 1 is 1.16 bits per heavy atom. The highest BCUT2D eigenvalue weighted by Crippen LogP contribution is 2.44. The van der Waals surface area contributed by atoms with Gasteiger partial charge in [0.2, 0.25) is 5.91 Å². The molecule has 3 nitrogen and oxygen atoms in total. The van der Waals surface area contributed by atoms with E-state index in [0.717, 1.165) is 15.5 Å². The van der Waals surface area contributed by atoms with Crippen LogP contribution in [0.2, 0.25) is 0 Å². The predicted octanol–water partition coefficient (Wildman–Crippen LogP) is 3.44. The van der Waals surface area contributed by atoms with Crippen LogP contribution >= 0.6 is 40.1 Å². The predicted molar refractivity (Wildman–Crippen MR) is 86.3 cm³/mol. The van der Waals surface area contributed by atoms with Crippen molar-refractivity contribution in [1.29, 1.82) is 0 Å². The molecule has 0 unspecified atom stereocenters. The first-order valence-corrected chi connectivity index (χ1v) is 7.37. The average Bonchev–Trinajstić information content (AvgIpc) is 2.86. The molecule has 2 heterocycles. The lowest BCUT2D eigenvalue weighted by Crippen LogP contribution is -2.38. The maximum absolute atomic E-state index is 12.0. The Balaban J connectivity index is 0.00000133. The molecule has 3 N–H and O–H groups in total. The van der Waals surface area contributed by atoms with Gasteiger partial charge >= 0.3 is 0 Å². The summed E-state index contributed by atoms with van der Waals surface area (Å²) in [7, 11) is 0. The van der Waals surface area contributed by atoms with Gasteiger partial charge in [0.25, 0.3) is 0 Å². The maximum atomic E-state index is 12.0.